The summed E-state index contributed by atoms with van der Waals surface area (Å²) < 4.78 is 5.27. The number of carbonyl (C=O) groups is 4. The minimum Gasteiger partial charge on any atom is -0.497 e. The molecule has 1 atom stereocenters. The molecule has 3 rings (SSSR count). The lowest BCUT2D eigenvalue weighted by molar-refractivity contribution is -0.140. The number of benzene rings is 2. The van der Waals surface area contributed by atoms with Crippen molar-refractivity contribution in [1.82, 2.24) is 15.1 Å². The number of nitrogens with zero attached hydrogens (tertiary/aromatic N) is 2. The van der Waals surface area contributed by atoms with Crippen molar-refractivity contribution in [1.29, 1.82) is 0 Å². The largest absolute Gasteiger partial charge is 0.497 e. The smallest absolute Gasteiger partial charge is 0.261 e. The number of nitrogens with one attached hydrogen (secondary N) is 1. The number of carbonyl (C=O) groups excluding carboxylic acids is 4. The second kappa shape index (κ2) is 11.0. The van der Waals surface area contributed by atoms with Crippen molar-refractivity contribution in [3.63, 3.8) is 0 Å². The third-order valence-electron chi connectivity index (χ3n) is 5.74. The quantitative estimate of drug-likeness (QED) is 0.544. The van der Waals surface area contributed by atoms with Crippen molar-refractivity contribution < 1.29 is 23.9 Å². The molecule has 2 aromatic rings. The molecule has 0 radical (unpaired) electrons. The van der Waals surface area contributed by atoms with Crippen LogP contribution in [0, 0.1) is 0 Å². The lowest BCUT2D eigenvalue weighted by atomic mass is 10.1. The maximum absolute atomic E-state index is 13.2. The molecule has 4 amide bonds. The molecule has 8 nitrogen and oxygen atoms in total. The van der Waals surface area contributed by atoms with E-state index in [9.17, 15) is 19.2 Å². The summed E-state index contributed by atoms with van der Waals surface area (Å²) >= 11 is 0. The Morgan fingerprint density at radius 1 is 1.00 bits per heavy atom. The van der Waals surface area contributed by atoms with Crippen molar-refractivity contribution in [2.24, 2.45) is 0 Å². The van der Waals surface area contributed by atoms with Crippen molar-refractivity contribution in [3.05, 3.63) is 65.2 Å². The van der Waals surface area contributed by atoms with E-state index >= 15 is 0 Å². The molecule has 180 valence electrons. The Labute approximate surface area is 199 Å². The first-order valence-electron chi connectivity index (χ1n) is 11.4. The summed E-state index contributed by atoms with van der Waals surface area (Å²) in [6.45, 7) is 5.79. The first kappa shape index (κ1) is 25.0. The number of methoxy groups -OCH3 is 1. The van der Waals surface area contributed by atoms with E-state index in [0.29, 0.717) is 23.3 Å². The zero-order chi connectivity index (χ0) is 24.8. The minimum atomic E-state index is -0.694. The summed E-state index contributed by atoms with van der Waals surface area (Å²) in [5.74, 6) is -0.496. The van der Waals surface area contributed by atoms with Gasteiger partial charge in [-0.2, -0.15) is 0 Å². The van der Waals surface area contributed by atoms with Crippen LogP contribution in [0.2, 0.25) is 0 Å². The molecule has 1 heterocycles. The van der Waals surface area contributed by atoms with Crippen LogP contribution in [0.5, 0.6) is 5.75 Å². The highest BCUT2D eigenvalue weighted by Crippen LogP contribution is 2.23. The van der Waals surface area contributed by atoms with Gasteiger partial charge in [-0.15, -0.1) is 0 Å². The van der Waals surface area contributed by atoms with Gasteiger partial charge in [-0.25, -0.2) is 0 Å². The normalized spacial score (nSPS) is 13.6. The maximum atomic E-state index is 13.2. The molecule has 0 fully saturated rings. The molecule has 1 aliphatic rings. The zero-order valence-electron chi connectivity index (χ0n) is 20.0. The van der Waals surface area contributed by atoms with Crippen LogP contribution in [-0.2, 0) is 16.1 Å². The Balaban J connectivity index is 1.69. The molecular formula is C26H31N3O5. The summed E-state index contributed by atoms with van der Waals surface area (Å²) in [7, 11) is 1.57. The fraction of sp³-hybridized carbons (Fsp3) is 0.385. The number of ether oxygens (including phenoxy) is 1. The van der Waals surface area contributed by atoms with E-state index in [1.54, 1.807) is 38.3 Å². The lowest BCUT2D eigenvalue weighted by Crippen LogP contribution is -2.49. The molecule has 1 N–H and O–H groups in total. The van der Waals surface area contributed by atoms with Crippen molar-refractivity contribution in [2.45, 2.75) is 52.2 Å². The van der Waals surface area contributed by atoms with E-state index in [1.165, 1.54) is 9.80 Å². The Bertz CT molecular complexity index is 1050. The third-order valence-corrected chi connectivity index (χ3v) is 5.74. The van der Waals surface area contributed by atoms with Crippen molar-refractivity contribution in [3.8, 4) is 5.75 Å². The van der Waals surface area contributed by atoms with Gasteiger partial charge in [0.2, 0.25) is 11.8 Å². The van der Waals surface area contributed by atoms with Gasteiger partial charge in [-0.3, -0.25) is 24.1 Å². The van der Waals surface area contributed by atoms with Crippen LogP contribution in [0.4, 0.5) is 0 Å². The Hall–Kier alpha value is -3.68. The summed E-state index contributed by atoms with van der Waals surface area (Å²) in [6, 6.07) is 13.3. The molecular weight excluding hydrogens is 434 g/mol. The van der Waals surface area contributed by atoms with Crippen LogP contribution in [0.1, 0.15) is 59.9 Å². The van der Waals surface area contributed by atoms with Gasteiger partial charge in [0.1, 0.15) is 11.8 Å². The van der Waals surface area contributed by atoms with Crippen LogP contribution in [0.3, 0.4) is 0 Å². The third kappa shape index (κ3) is 5.62. The fourth-order valence-electron chi connectivity index (χ4n) is 3.93. The van der Waals surface area contributed by atoms with E-state index in [4.69, 9.17) is 4.74 Å². The van der Waals surface area contributed by atoms with E-state index < -0.39 is 6.04 Å². The van der Waals surface area contributed by atoms with Crippen LogP contribution in [-0.4, -0.2) is 59.2 Å². The first-order valence-corrected chi connectivity index (χ1v) is 11.4. The summed E-state index contributed by atoms with van der Waals surface area (Å²) in [5.41, 5.74) is 1.60. The molecule has 0 aromatic heterocycles. The predicted octanol–water partition coefficient (Wildman–Crippen LogP) is 3.01. The molecule has 0 bridgehead atoms. The fourth-order valence-corrected chi connectivity index (χ4v) is 3.93. The zero-order valence-corrected chi connectivity index (χ0v) is 20.0. The highest BCUT2D eigenvalue weighted by molar-refractivity contribution is 6.21. The minimum absolute atomic E-state index is 0.0578. The number of fused-ring (bicyclic) bond motifs is 1. The Morgan fingerprint density at radius 3 is 2.24 bits per heavy atom. The van der Waals surface area contributed by atoms with Crippen molar-refractivity contribution in [2.75, 3.05) is 13.7 Å². The number of hydrogen-bond donors (Lipinski definition) is 1. The van der Waals surface area contributed by atoms with Gasteiger partial charge in [0.15, 0.2) is 0 Å². The van der Waals surface area contributed by atoms with E-state index in [0.717, 1.165) is 5.56 Å². The molecule has 0 saturated heterocycles. The van der Waals surface area contributed by atoms with Crippen LogP contribution < -0.4 is 10.1 Å². The van der Waals surface area contributed by atoms with Gasteiger partial charge in [-0.1, -0.05) is 24.3 Å². The van der Waals surface area contributed by atoms with Gasteiger partial charge < -0.3 is 15.0 Å². The number of amides is 4. The lowest BCUT2D eigenvalue weighted by Gasteiger charge is -2.29. The van der Waals surface area contributed by atoms with Crippen LogP contribution in [0.25, 0.3) is 0 Å². The summed E-state index contributed by atoms with van der Waals surface area (Å²) in [5, 5.41) is 2.85. The number of imide groups is 1. The average molecular weight is 466 g/mol. The molecule has 8 heteroatoms. The molecule has 0 unspecified atom stereocenters. The molecule has 1 aliphatic heterocycles. The second-order valence-corrected chi connectivity index (χ2v) is 8.62. The average Bonchev–Trinajstić information content (AvgIpc) is 3.06. The highest BCUT2D eigenvalue weighted by atomic mass is 16.5. The van der Waals surface area contributed by atoms with Crippen LogP contribution in [0.15, 0.2) is 48.5 Å². The van der Waals surface area contributed by atoms with Crippen LogP contribution >= 0.6 is 0 Å². The topological polar surface area (TPSA) is 96.0 Å². The van der Waals surface area contributed by atoms with Gasteiger partial charge in [-0.05, 0) is 57.0 Å². The Kier molecular flexibility index (Phi) is 8.04. The van der Waals surface area contributed by atoms with Gasteiger partial charge in [0, 0.05) is 25.6 Å². The highest BCUT2D eigenvalue weighted by Gasteiger charge is 2.35. The van der Waals surface area contributed by atoms with E-state index in [2.05, 4.69) is 5.32 Å². The molecule has 0 spiro atoms. The van der Waals surface area contributed by atoms with Gasteiger partial charge in [0.05, 0.1) is 18.2 Å². The monoisotopic (exact) mass is 465 g/mol. The van der Waals surface area contributed by atoms with Gasteiger partial charge in [0.25, 0.3) is 11.8 Å². The molecule has 2 aromatic carbocycles. The summed E-state index contributed by atoms with van der Waals surface area (Å²) in [6.07, 6.45) is 0.397. The molecule has 0 aliphatic carbocycles. The predicted molar refractivity (Wildman–Crippen MR) is 127 cm³/mol. The second-order valence-electron chi connectivity index (χ2n) is 8.62. The molecule has 34 heavy (non-hydrogen) atoms. The van der Waals surface area contributed by atoms with Gasteiger partial charge >= 0.3 is 0 Å². The first-order chi connectivity index (χ1) is 16.2. The van der Waals surface area contributed by atoms with E-state index in [1.807, 2.05) is 38.1 Å². The number of rotatable bonds is 10. The molecule has 0 saturated carbocycles. The maximum Gasteiger partial charge on any atom is 0.261 e. The Morgan fingerprint density at radius 2 is 1.65 bits per heavy atom. The van der Waals surface area contributed by atoms with E-state index in [-0.39, 0.29) is 49.2 Å². The SMILES string of the molecule is COc1cccc(CN(C(=O)CCCN2C(=O)c3ccccc3C2=O)[C@@H](C)C(=O)NC(C)C)c1. The summed E-state index contributed by atoms with van der Waals surface area (Å²) in [4.78, 5) is 53.7. The van der Waals surface area contributed by atoms with Crippen molar-refractivity contribution >= 4 is 23.6 Å². The number of hydrogen-bond acceptors (Lipinski definition) is 5. The standard InChI is InChI=1S/C26H31N3O5/c1-17(2)27-24(31)18(3)29(16-19-9-7-10-20(15-19)34-4)23(30)13-8-14-28-25(32)21-11-5-6-12-22(21)26(28)33/h5-7,9-12,15,17-18H,8,13-14,16H2,1-4H3,(H,27,31)/t18-/m0/s1.